The molecule has 13 heavy (non-hydrogen) atoms. The monoisotopic (exact) mass is 238 g/mol. The van der Waals surface area contributed by atoms with Gasteiger partial charge in [0.25, 0.3) is 0 Å². The fourth-order valence-corrected chi connectivity index (χ4v) is 1.23. The van der Waals surface area contributed by atoms with E-state index in [1.165, 1.54) is 0 Å². The minimum atomic E-state index is 0.686. The summed E-state index contributed by atoms with van der Waals surface area (Å²) < 4.78 is 0. The Morgan fingerprint density at radius 3 is 2.54 bits per heavy atom. The predicted octanol–water partition coefficient (Wildman–Crippen LogP) is 3.43. The number of rotatable bonds is 4. The van der Waals surface area contributed by atoms with Crippen molar-refractivity contribution in [3.05, 3.63) is 35.7 Å². The molecule has 1 aromatic rings. The number of benzene rings is 1. The molecule has 0 unspecified atom stereocenters. The molecule has 2 nitrogen and oxygen atoms in total. The minimum Gasteiger partial charge on any atom is -0.385 e. The summed E-state index contributed by atoms with van der Waals surface area (Å²) in [5.41, 5.74) is 1.76. The van der Waals surface area contributed by atoms with Crippen LogP contribution >= 0.6 is 15.9 Å². The summed E-state index contributed by atoms with van der Waals surface area (Å²) in [5, 5.41) is 4.28. The van der Waals surface area contributed by atoms with Crippen LogP contribution in [-0.2, 0) is 0 Å². The maximum Gasteiger partial charge on any atom is 0.187 e. The number of hydrogen-bond acceptors (Lipinski definition) is 1. The molecule has 1 N–H and O–H groups in total. The van der Waals surface area contributed by atoms with Crippen LogP contribution in [0.4, 0.5) is 11.4 Å². The number of halogens is 1. The number of nitrogens with zero attached hydrogens (tertiary/aromatic N) is 1. The van der Waals surface area contributed by atoms with Crippen LogP contribution < -0.4 is 5.32 Å². The van der Waals surface area contributed by atoms with Crippen molar-refractivity contribution in [2.75, 3.05) is 17.2 Å². The van der Waals surface area contributed by atoms with Crippen molar-refractivity contribution >= 4 is 27.3 Å². The third-order valence-corrected chi connectivity index (χ3v) is 2.20. The van der Waals surface area contributed by atoms with Crippen LogP contribution in [0.5, 0.6) is 0 Å². The zero-order valence-corrected chi connectivity index (χ0v) is 8.84. The molecule has 68 valence electrons. The summed E-state index contributed by atoms with van der Waals surface area (Å²) in [6.07, 6.45) is 1.10. The highest BCUT2D eigenvalue weighted by Gasteiger charge is 1.91. The van der Waals surface area contributed by atoms with Gasteiger partial charge in [-0.25, -0.2) is 4.85 Å². The average Bonchev–Trinajstić information content (AvgIpc) is 2.19. The van der Waals surface area contributed by atoms with E-state index in [9.17, 15) is 0 Å². The first-order valence-corrected chi connectivity index (χ1v) is 5.26. The van der Waals surface area contributed by atoms with Gasteiger partial charge in [0.1, 0.15) is 0 Å². The molecule has 0 atom stereocenters. The molecule has 0 aliphatic rings. The van der Waals surface area contributed by atoms with Crippen LogP contribution in [0.2, 0.25) is 0 Å². The number of anilines is 1. The van der Waals surface area contributed by atoms with E-state index in [0.717, 1.165) is 24.0 Å². The van der Waals surface area contributed by atoms with E-state index < -0.39 is 0 Å². The third kappa shape index (κ3) is 3.47. The fourth-order valence-electron chi connectivity index (χ4n) is 0.953. The normalized spacial score (nSPS) is 9.23. The van der Waals surface area contributed by atoms with Gasteiger partial charge in [-0.05, 0) is 18.6 Å². The van der Waals surface area contributed by atoms with Gasteiger partial charge in [-0.2, -0.15) is 0 Å². The molecule has 0 heterocycles. The summed E-state index contributed by atoms with van der Waals surface area (Å²) in [5.74, 6) is 0. The van der Waals surface area contributed by atoms with Gasteiger partial charge in [0.15, 0.2) is 5.69 Å². The second-order valence-corrected chi connectivity index (χ2v) is 3.42. The molecule has 0 aliphatic heterocycles. The van der Waals surface area contributed by atoms with Gasteiger partial charge in [-0.1, -0.05) is 28.1 Å². The molecule has 0 amide bonds. The maximum atomic E-state index is 6.78. The molecule has 0 aromatic heterocycles. The van der Waals surface area contributed by atoms with Crippen molar-refractivity contribution in [2.24, 2.45) is 0 Å². The third-order valence-electron chi connectivity index (χ3n) is 1.64. The summed E-state index contributed by atoms with van der Waals surface area (Å²) >= 11 is 3.37. The highest BCUT2D eigenvalue weighted by molar-refractivity contribution is 9.09. The van der Waals surface area contributed by atoms with E-state index >= 15 is 0 Å². The highest BCUT2D eigenvalue weighted by atomic mass is 79.9. The van der Waals surface area contributed by atoms with Gasteiger partial charge in [0, 0.05) is 17.6 Å². The average molecular weight is 239 g/mol. The Hall–Kier alpha value is -1.01. The molecule has 3 heteroatoms. The standard InChI is InChI=1S/C10H11BrN2/c1-12-9-3-5-10(6-4-9)13-8-2-7-11/h3-6,13H,2,7-8H2. The molecule has 0 saturated carbocycles. The Balaban J connectivity index is 2.46. The Kier molecular flexibility index (Phi) is 4.34. The first-order chi connectivity index (χ1) is 6.36. The summed E-state index contributed by atoms with van der Waals surface area (Å²) in [7, 11) is 0. The van der Waals surface area contributed by atoms with Gasteiger partial charge in [-0.3, -0.25) is 0 Å². The van der Waals surface area contributed by atoms with Gasteiger partial charge in [-0.15, -0.1) is 0 Å². The van der Waals surface area contributed by atoms with E-state index in [1.54, 1.807) is 0 Å². The zero-order chi connectivity index (χ0) is 9.52. The molecule has 0 bridgehead atoms. The second kappa shape index (κ2) is 5.60. The van der Waals surface area contributed by atoms with Crippen LogP contribution in [0.3, 0.4) is 0 Å². The van der Waals surface area contributed by atoms with Gasteiger partial charge in [0.05, 0.1) is 6.57 Å². The molecule has 1 rings (SSSR count). The molecular weight excluding hydrogens is 228 g/mol. The lowest BCUT2D eigenvalue weighted by Gasteiger charge is -2.04. The topological polar surface area (TPSA) is 16.4 Å². The summed E-state index contributed by atoms with van der Waals surface area (Å²) in [6, 6.07) is 7.51. The first kappa shape index (κ1) is 10.1. The van der Waals surface area contributed by atoms with Crippen LogP contribution in [0.25, 0.3) is 4.85 Å². The van der Waals surface area contributed by atoms with E-state index in [4.69, 9.17) is 6.57 Å². The lowest BCUT2D eigenvalue weighted by atomic mass is 10.3. The van der Waals surface area contributed by atoms with Crippen LogP contribution in [-0.4, -0.2) is 11.9 Å². The second-order valence-electron chi connectivity index (χ2n) is 2.63. The number of hydrogen-bond donors (Lipinski definition) is 1. The Bertz CT molecular complexity index is 287. The first-order valence-electron chi connectivity index (χ1n) is 4.14. The molecular formula is C10H11BrN2. The number of alkyl halides is 1. The Morgan fingerprint density at radius 1 is 1.31 bits per heavy atom. The molecule has 1 aromatic carbocycles. The molecule has 0 aliphatic carbocycles. The van der Waals surface area contributed by atoms with E-state index in [-0.39, 0.29) is 0 Å². The fraction of sp³-hybridized carbons (Fsp3) is 0.300. The molecule has 0 fully saturated rings. The minimum absolute atomic E-state index is 0.686. The van der Waals surface area contributed by atoms with E-state index in [2.05, 4.69) is 26.1 Å². The van der Waals surface area contributed by atoms with Crippen LogP contribution in [0, 0.1) is 6.57 Å². The van der Waals surface area contributed by atoms with Crippen molar-refractivity contribution in [1.29, 1.82) is 0 Å². The molecule has 0 radical (unpaired) electrons. The SMILES string of the molecule is [C-]#[N+]c1ccc(NCCCBr)cc1. The van der Waals surface area contributed by atoms with Gasteiger partial charge in [0.2, 0.25) is 0 Å². The van der Waals surface area contributed by atoms with E-state index in [1.807, 2.05) is 24.3 Å². The maximum absolute atomic E-state index is 6.78. The summed E-state index contributed by atoms with van der Waals surface area (Å²) in [6.45, 7) is 7.74. The zero-order valence-electron chi connectivity index (χ0n) is 7.26. The van der Waals surface area contributed by atoms with Gasteiger partial charge >= 0.3 is 0 Å². The quantitative estimate of drug-likeness (QED) is 0.483. The van der Waals surface area contributed by atoms with Crippen molar-refractivity contribution < 1.29 is 0 Å². The highest BCUT2D eigenvalue weighted by Crippen LogP contribution is 2.15. The van der Waals surface area contributed by atoms with Crippen molar-refractivity contribution in [2.45, 2.75) is 6.42 Å². The molecule has 0 saturated heterocycles. The van der Waals surface area contributed by atoms with Gasteiger partial charge < -0.3 is 5.32 Å². The van der Waals surface area contributed by atoms with E-state index in [0.29, 0.717) is 5.69 Å². The summed E-state index contributed by atoms with van der Waals surface area (Å²) in [4.78, 5) is 3.32. The van der Waals surface area contributed by atoms with Crippen molar-refractivity contribution in [1.82, 2.24) is 0 Å². The lowest BCUT2D eigenvalue weighted by molar-refractivity contribution is 0.999. The van der Waals surface area contributed by atoms with Crippen LogP contribution in [0.15, 0.2) is 24.3 Å². The smallest absolute Gasteiger partial charge is 0.187 e. The predicted molar refractivity (Wildman–Crippen MR) is 59.6 cm³/mol. The molecule has 0 spiro atoms. The Labute approximate surface area is 86.9 Å². The van der Waals surface area contributed by atoms with Crippen molar-refractivity contribution in [3.63, 3.8) is 0 Å². The van der Waals surface area contributed by atoms with Crippen LogP contribution in [0.1, 0.15) is 6.42 Å². The largest absolute Gasteiger partial charge is 0.385 e. The lowest BCUT2D eigenvalue weighted by Crippen LogP contribution is -2.00. The Morgan fingerprint density at radius 2 is 2.00 bits per heavy atom. The number of nitrogens with one attached hydrogen (secondary N) is 1. The van der Waals surface area contributed by atoms with Crippen molar-refractivity contribution in [3.8, 4) is 0 Å².